The Labute approximate surface area is 112 Å². The topological polar surface area (TPSA) is 116 Å². The number of rotatable bonds is 2. The Balaban J connectivity index is 2.22. The molecule has 1 fully saturated rings. The number of fused-ring (bicyclic) bond motifs is 2. The number of carboxylic acid groups (broad SMARTS) is 1. The average Bonchev–Trinajstić information content (AvgIpc) is 2.80. The van der Waals surface area contributed by atoms with Crippen LogP contribution < -0.4 is 10.6 Å². The summed E-state index contributed by atoms with van der Waals surface area (Å²) in [5.74, 6) is -2.89. The number of nitrogens with zero attached hydrogens (tertiary/aromatic N) is 1. The van der Waals surface area contributed by atoms with Crippen molar-refractivity contribution in [3.63, 3.8) is 0 Å². The summed E-state index contributed by atoms with van der Waals surface area (Å²) >= 11 is 0. The van der Waals surface area contributed by atoms with Gasteiger partial charge >= 0.3 is 12.0 Å². The van der Waals surface area contributed by atoms with Crippen LogP contribution in [0.15, 0.2) is 24.3 Å². The maximum atomic E-state index is 12.2. The van der Waals surface area contributed by atoms with Gasteiger partial charge in [0.05, 0.1) is 0 Å². The first-order valence-electron chi connectivity index (χ1n) is 5.73. The molecule has 0 aliphatic carbocycles. The molecule has 8 heteroatoms. The lowest BCUT2D eigenvalue weighted by Crippen LogP contribution is -2.53. The molecule has 0 saturated carbocycles. The van der Waals surface area contributed by atoms with E-state index in [2.05, 4.69) is 5.32 Å². The van der Waals surface area contributed by atoms with Crippen LogP contribution in [0.2, 0.25) is 0 Å². The van der Waals surface area contributed by atoms with Crippen molar-refractivity contribution < 1.29 is 24.3 Å². The predicted molar refractivity (Wildman–Crippen MR) is 64.6 cm³/mol. The van der Waals surface area contributed by atoms with E-state index in [1.165, 1.54) is 6.07 Å². The van der Waals surface area contributed by atoms with E-state index in [1.807, 2.05) is 5.32 Å². The molecule has 1 aromatic carbocycles. The number of imide groups is 1. The molecule has 0 unspecified atom stereocenters. The Kier molecular flexibility index (Phi) is 2.31. The number of urea groups is 1. The standard InChI is InChI=1S/C12H9N3O5/c16-8(17)5-15-11(20)14-10(19)12(15)6-3-1-2-4-7(6)13-9(12)18/h1-4H,5H2,(H,13,18)(H,16,17)(H,14,19,20)/t12-/m1/s1. The maximum Gasteiger partial charge on any atom is 0.326 e. The zero-order valence-corrected chi connectivity index (χ0v) is 10.0. The lowest BCUT2D eigenvalue weighted by molar-refractivity contribution is -0.142. The molecule has 0 bridgehead atoms. The summed E-state index contributed by atoms with van der Waals surface area (Å²) in [6.45, 7) is -0.751. The molecule has 2 aliphatic heterocycles. The van der Waals surface area contributed by atoms with Crippen molar-refractivity contribution >= 4 is 29.5 Å². The van der Waals surface area contributed by atoms with Crippen molar-refractivity contribution in [2.24, 2.45) is 0 Å². The summed E-state index contributed by atoms with van der Waals surface area (Å²) < 4.78 is 0. The second-order valence-electron chi connectivity index (χ2n) is 4.45. The van der Waals surface area contributed by atoms with Crippen molar-refractivity contribution in [2.75, 3.05) is 11.9 Å². The highest BCUT2D eigenvalue weighted by Gasteiger charge is 2.63. The summed E-state index contributed by atoms with van der Waals surface area (Å²) in [6.07, 6.45) is 0. The Morgan fingerprint density at radius 2 is 1.80 bits per heavy atom. The molecule has 4 amide bonds. The number of carbonyl (C=O) groups is 4. The molecular weight excluding hydrogens is 266 g/mol. The van der Waals surface area contributed by atoms with E-state index in [9.17, 15) is 19.2 Å². The fraction of sp³-hybridized carbons (Fsp3) is 0.167. The molecular formula is C12H9N3O5. The van der Waals surface area contributed by atoms with Crippen LogP contribution in [-0.4, -0.2) is 40.4 Å². The maximum absolute atomic E-state index is 12.2. The average molecular weight is 275 g/mol. The monoisotopic (exact) mass is 275 g/mol. The number of para-hydroxylation sites is 1. The molecule has 1 atom stereocenters. The van der Waals surface area contributed by atoms with Crippen molar-refractivity contribution in [2.45, 2.75) is 5.54 Å². The van der Waals surface area contributed by atoms with Gasteiger partial charge in [-0.05, 0) is 6.07 Å². The van der Waals surface area contributed by atoms with Crippen LogP contribution in [0.4, 0.5) is 10.5 Å². The highest BCUT2D eigenvalue weighted by Crippen LogP contribution is 2.42. The van der Waals surface area contributed by atoms with E-state index < -0.39 is 35.9 Å². The predicted octanol–water partition coefficient (Wildman–Crippen LogP) is -0.530. The van der Waals surface area contributed by atoms with Gasteiger partial charge in [0.25, 0.3) is 11.8 Å². The van der Waals surface area contributed by atoms with E-state index in [1.54, 1.807) is 18.2 Å². The normalized spacial score (nSPS) is 23.8. The number of benzene rings is 1. The lowest BCUT2D eigenvalue weighted by Gasteiger charge is -2.28. The van der Waals surface area contributed by atoms with Gasteiger partial charge in [0.2, 0.25) is 5.54 Å². The molecule has 3 rings (SSSR count). The van der Waals surface area contributed by atoms with Gasteiger partial charge < -0.3 is 10.4 Å². The molecule has 0 radical (unpaired) electrons. The van der Waals surface area contributed by atoms with Crippen LogP contribution in [0.1, 0.15) is 5.56 Å². The van der Waals surface area contributed by atoms with Gasteiger partial charge in [-0.1, -0.05) is 18.2 Å². The number of carboxylic acids is 1. The molecule has 1 aromatic rings. The highest BCUT2D eigenvalue weighted by molar-refractivity contribution is 6.27. The highest BCUT2D eigenvalue weighted by atomic mass is 16.4. The third-order valence-corrected chi connectivity index (χ3v) is 3.39. The Morgan fingerprint density at radius 3 is 2.50 bits per heavy atom. The minimum absolute atomic E-state index is 0.273. The molecule has 3 N–H and O–H groups in total. The fourth-order valence-corrected chi connectivity index (χ4v) is 2.59. The van der Waals surface area contributed by atoms with Crippen LogP contribution in [-0.2, 0) is 19.9 Å². The van der Waals surface area contributed by atoms with E-state index >= 15 is 0 Å². The SMILES string of the molecule is O=C(O)CN1C(=O)NC(=O)[C@@]12C(=O)Nc1ccccc12. The van der Waals surface area contributed by atoms with Crippen LogP contribution in [0, 0.1) is 0 Å². The van der Waals surface area contributed by atoms with E-state index in [-0.39, 0.29) is 5.56 Å². The summed E-state index contributed by atoms with van der Waals surface area (Å²) in [4.78, 5) is 47.8. The number of hydrogen-bond donors (Lipinski definition) is 3. The molecule has 2 heterocycles. The fourth-order valence-electron chi connectivity index (χ4n) is 2.59. The number of aliphatic carboxylic acids is 1. The minimum atomic E-state index is -1.94. The van der Waals surface area contributed by atoms with Gasteiger partial charge in [-0.25, -0.2) is 4.79 Å². The van der Waals surface area contributed by atoms with E-state index in [0.717, 1.165) is 4.90 Å². The largest absolute Gasteiger partial charge is 0.480 e. The van der Waals surface area contributed by atoms with Gasteiger partial charge in [0.1, 0.15) is 6.54 Å². The summed E-state index contributed by atoms with van der Waals surface area (Å²) in [5.41, 5.74) is -1.28. The zero-order valence-electron chi connectivity index (χ0n) is 10.0. The number of nitrogens with one attached hydrogen (secondary N) is 2. The van der Waals surface area contributed by atoms with E-state index in [0.29, 0.717) is 5.69 Å². The molecule has 102 valence electrons. The van der Waals surface area contributed by atoms with Crippen molar-refractivity contribution in [1.82, 2.24) is 10.2 Å². The second kappa shape index (κ2) is 3.80. The first-order valence-corrected chi connectivity index (χ1v) is 5.73. The molecule has 2 aliphatic rings. The molecule has 1 saturated heterocycles. The molecule has 0 aromatic heterocycles. The summed E-state index contributed by atoms with van der Waals surface area (Å²) in [7, 11) is 0. The van der Waals surface area contributed by atoms with Crippen LogP contribution in [0.25, 0.3) is 0 Å². The smallest absolute Gasteiger partial charge is 0.326 e. The van der Waals surface area contributed by atoms with Crippen molar-refractivity contribution in [3.8, 4) is 0 Å². The van der Waals surface area contributed by atoms with Crippen LogP contribution in [0.3, 0.4) is 0 Å². The summed E-state index contributed by atoms with van der Waals surface area (Å²) in [6, 6.07) is 5.46. The number of carbonyl (C=O) groups excluding carboxylic acids is 3. The van der Waals surface area contributed by atoms with E-state index in [4.69, 9.17) is 5.11 Å². The lowest BCUT2D eigenvalue weighted by atomic mass is 9.90. The quantitative estimate of drug-likeness (QED) is 0.495. The van der Waals surface area contributed by atoms with Gasteiger partial charge in [-0.15, -0.1) is 0 Å². The van der Waals surface area contributed by atoms with Gasteiger partial charge in [0.15, 0.2) is 0 Å². The number of amides is 4. The first-order chi connectivity index (χ1) is 9.47. The third kappa shape index (κ3) is 1.30. The second-order valence-corrected chi connectivity index (χ2v) is 4.45. The Morgan fingerprint density at radius 1 is 1.15 bits per heavy atom. The van der Waals surface area contributed by atoms with Crippen LogP contribution in [0.5, 0.6) is 0 Å². The Hall–Kier alpha value is -2.90. The molecule has 8 nitrogen and oxygen atoms in total. The van der Waals surface area contributed by atoms with Crippen molar-refractivity contribution in [3.05, 3.63) is 29.8 Å². The first kappa shape index (κ1) is 12.2. The minimum Gasteiger partial charge on any atom is -0.480 e. The van der Waals surface area contributed by atoms with Crippen LogP contribution >= 0.6 is 0 Å². The summed E-state index contributed by atoms with van der Waals surface area (Å²) in [5, 5.41) is 13.4. The number of hydrogen-bond acceptors (Lipinski definition) is 4. The third-order valence-electron chi connectivity index (χ3n) is 3.39. The molecule has 1 spiro atoms. The van der Waals surface area contributed by atoms with Gasteiger partial charge in [-0.2, -0.15) is 0 Å². The van der Waals surface area contributed by atoms with Crippen molar-refractivity contribution in [1.29, 1.82) is 0 Å². The van der Waals surface area contributed by atoms with Gasteiger partial charge in [-0.3, -0.25) is 24.6 Å². The number of anilines is 1. The molecule has 20 heavy (non-hydrogen) atoms. The Bertz CT molecular complexity index is 671. The zero-order chi connectivity index (χ0) is 14.5. The van der Waals surface area contributed by atoms with Gasteiger partial charge in [0, 0.05) is 11.3 Å².